The fraction of sp³-hybridized carbons (Fsp3) is 0.522. The number of ether oxygens (including phenoxy) is 1. The molecule has 3 heterocycles. The Hall–Kier alpha value is -2.51. The van der Waals surface area contributed by atoms with Gasteiger partial charge in [-0.2, -0.15) is 0 Å². The smallest absolute Gasteiger partial charge is 0.271 e. The lowest BCUT2D eigenvalue weighted by molar-refractivity contribution is 0.0969. The molecule has 2 aromatic rings. The van der Waals surface area contributed by atoms with Gasteiger partial charge in [0.05, 0.1) is 24.6 Å². The van der Waals surface area contributed by atoms with Gasteiger partial charge in [0, 0.05) is 30.0 Å². The van der Waals surface area contributed by atoms with Crippen molar-refractivity contribution in [2.45, 2.75) is 50.2 Å². The van der Waals surface area contributed by atoms with E-state index in [0.717, 1.165) is 44.5 Å². The van der Waals surface area contributed by atoms with E-state index in [2.05, 4.69) is 17.0 Å². The van der Waals surface area contributed by atoms with Gasteiger partial charge in [-0.15, -0.1) is 0 Å². The molecule has 1 aromatic carbocycles. The summed E-state index contributed by atoms with van der Waals surface area (Å²) in [5.74, 6) is 0.0588. The molecule has 30 heavy (non-hydrogen) atoms. The normalized spacial score (nSPS) is 26.7. The molecule has 1 spiro atoms. The van der Waals surface area contributed by atoms with Crippen LogP contribution in [0, 0.1) is 5.41 Å². The van der Waals surface area contributed by atoms with Crippen LogP contribution in [0.2, 0.25) is 0 Å². The van der Waals surface area contributed by atoms with Gasteiger partial charge in [0.2, 0.25) is 0 Å². The van der Waals surface area contributed by atoms with Crippen LogP contribution < -0.4 is 16.4 Å². The van der Waals surface area contributed by atoms with E-state index < -0.39 is 5.91 Å². The van der Waals surface area contributed by atoms with Crippen molar-refractivity contribution in [3.05, 3.63) is 53.5 Å². The number of hydrogen-bond donors (Lipinski definition) is 2. The summed E-state index contributed by atoms with van der Waals surface area (Å²) in [6.07, 6.45) is 5.75. The van der Waals surface area contributed by atoms with Crippen LogP contribution in [0.4, 0.5) is 5.82 Å². The minimum atomic E-state index is -0.530. The molecule has 5 rings (SSSR count). The highest BCUT2D eigenvalue weighted by molar-refractivity contribution is 5.95. The highest BCUT2D eigenvalue weighted by Gasteiger charge is 2.49. The van der Waals surface area contributed by atoms with E-state index in [0.29, 0.717) is 12.4 Å². The Morgan fingerprint density at radius 1 is 1.17 bits per heavy atom. The summed E-state index contributed by atoms with van der Waals surface area (Å²) in [4.78, 5) is 23.9. The standard InChI is InChI=1S/C23H29N5O2/c1-15-19(24)22(14-30-15)9-11-28(12-10-22)21-18(20(25)29)27-17(13-26-21)23(7-8-23)16-5-3-2-4-6-16/h2-6,13,15,19H,7-12,14,24H2,1H3,(H2,25,29)/t15-,19+/m0/s1. The van der Waals surface area contributed by atoms with Crippen LogP contribution in [0.25, 0.3) is 0 Å². The Balaban J connectivity index is 1.41. The maximum absolute atomic E-state index is 12.3. The second-order valence-electron chi connectivity index (χ2n) is 9.13. The summed E-state index contributed by atoms with van der Waals surface area (Å²) in [7, 11) is 0. The number of benzene rings is 1. The molecule has 0 radical (unpaired) electrons. The van der Waals surface area contributed by atoms with Gasteiger partial charge in [-0.05, 0) is 38.2 Å². The SMILES string of the molecule is C[C@@H]1OCC2(CCN(c3ncc(C4(c5ccccc5)CC4)nc3C(N)=O)CC2)[C@@H]1N. The average Bonchev–Trinajstić information content (AvgIpc) is 3.55. The lowest BCUT2D eigenvalue weighted by atomic mass is 9.73. The van der Waals surface area contributed by atoms with Gasteiger partial charge in [-0.3, -0.25) is 4.79 Å². The largest absolute Gasteiger partial charge is 0.376 e. The van der Waals surface area contributed by atoms with Crippen LogP contribution in [0.1, 0.15) is 54.4 Å². The summed E-state index contributed by atoms with van der Waals surface area (Å²) in [6.45, 7) is 4.28. The molecule has 7 nitrogen and oxygen atoms in total. The number of rotatable bonds is 4. The summed E-state index contributed by atoms with van der Waals surface area (Å²) in [5, 5.41) is 0. The molecule has 1 aliphatic carbocycles. The first-order valence-corrected chi connectivity index (χ1v) is 10.8. The number of carbonyl (C=O) groups excluding carboxylic acids is 1. The maximum atomic E-state index is 12.3. The van der Waals surface area contributed by atoms with Gasteiger partial charge in [-0.1, -0.05) is 30.3 Å². The van der Waals surface area contributed by atoms with Crippen molar-refractivity contribution in [2.24, 2.45) is 16.9 Å². The second kappa shape index (κ2) is 7.03. The predicted molar refractivity (Wildman–Crippen MR) is 114 cm³/mol. The number of carbonyl (C=O) groups is 1. The molecular formula is C23H29N5O2. The number of aromatic nitrogens is 2. The van der Waals surface area contributed by atoms with E-state index in [1.165, 1.54) is 5.56 Å². The van der Waals surface area contributed by atoms with E-state index in [9.17, 15) is 4.79 Å². The molecule has 3 fully saturated rings. The lowest BCUT2D eigenvalue weighted by Gasteiger charge is -2.41. The number of nitrogens with two attached hydrogens (primary N) is 2. The summed E-state index contributed by atoms with van der Waals surface area (Å²) < 4.78 is 5.82. The zero-order chi connectivity index (χ0) is 20.9. The molecule has 1 aromatic heterocycles. The maximum Gasteiger partial charge on any atom is 0.271 e. The molecule has 2 atom stereocenters. The van der Waals surface area contributed by atoms with Gasteiger partial charge in [-0.25, -0.2) is 9.97 Å². The number of primary amides is 1. The molecular weight excluding hydrogens is 378 g/mol. The second-order valence-corrected chi connectivity index (χ2v) is 9.13. The quantitative estimate of drug-likeness (QED) is 0.803. The van der Waals surface area contributed by atoms with E-state index in [1.807, 2.05) is 31.3 Å². The van der Waals surface area contributed by atoms with Crippen molar-refractivity contribution >= 4 is 11.7 Å². The molecule has 158 valence electrons. The third-order valence-electron chi connectivity index (χ3n) is 7.46. The van der Waals surface area contributed by atoms with Crippen molar-refractivity contribution in [2.75, 3.05) is 24.6 Å². The Bertz CT molecular complexity index is 951. The highest BCUT2D eigenvalue weighted by atomic mass is 16.5. The topological polar surface area (TPSA) is 107 Å². The van der Waals surface area contributed by atoms with Crippen LogP contribution >= 0.6 is 0 Å². The molecule has 0 bridgehead atoms. The zero-order valence-electron chi connectivity index (χ0n) is 17.4. The molecule has 2 saturated heterocycles. The van der Waals surface area contributed by atoms with Crippen molar-refractivity contribution in [1.82, 2.24) is 9.97 Å². The van der Waals surface area contributed by atoms with Gasteiger partial charge in [0.1, 0.15) is 0 Å². The first-order valence-electron chi connectivity index (χ1n) is 10.8. The Morgan fingerprint density at radius 2 is 1.87 bits per heavy atom. The molecule has 3 aliphatic rings. The van der Waals surface area contributed by atoms with Crippen molar-refractivity contribution in [3.8, 4) is 0 Å². The van der Waals surface area contributed by atoms with E-state index in [4.69, 9.17) is 26.2 Å². The van der Waals surface area contributed by atoms with Gasteiger partial charge < -0.3 is 21.1 Å². The summed E-state index contributed by atoms with van der Waals surface area (Å²) >= 11 is 0. The number of anilines is 1. The van der Waals surface area contributed by atoms with Crippen LogP contribution in [0.15, 0.2) is 36.5 Å². The first kappa shape index (κ1) is 19.5. The predicted octanol–water partition coefficient (Wildman–Crippen LogP) is 1.99. The highest BCUT2D eigenvalue weighted by Crippen LogP contribution is 2.52. The number of hydrogen-bond acceptors (Lipinski definition) is 6. The van der Waals surface area contributed by atoms with Crippen molar-refractivity contribution in [3.63, 3.8) is 0 Å². The Labute approximate surface area is 176 Å². The number of piperidine rings is 1. The fourth-order valence-electron chi connectivity index (χ4n) is 5.22. The third-order valence-corrected chi connectivity index (χ3v) is 7.46. The van der Waals surface area contributed by atoms with Gasteiger partial charge >= 0.3 is 0 Å². The van der Waals surface area contributed by atoms with Crippen LogP contribution in [0.3, 0.4) is 0 Å². The molecule has 4 N–H and O–H groups in total. The lowest BCUT2D eigenvalue weighted by Crippen LogP contribution is -2.51. The molecule has 1 amide bonds. The molecule has 0 unspecified atom stereocenters. The van der Waals surface area contributed by atoms with E-state index >= 15 is 0 Å². The zero-order valence-corrected chi connectivity index (χ0v) is 17.4. The minimum Gasteiger partial charge on any atom is -0.376 e. The van der Waals surface area contributed by atoms with Crippen LogP contribution in [0.5, 0.6) is 0 Å². The fourth-order valence-corrected chi connectivity index (χ4v) is 5.22. The van der Waals surface area contributed by atoms with E-state index in [1.54, 1.807) is 0 Å². The number of nitrogens with zero attached hydrogens (tertiary/aromatic N) is 3. The first-order chi connectivity index (χ1) is 14.5. The molecule has 2 aliphatic heterocycles. The Kier molecular flexibility index (Phi) is 4.56. The monoisotopic (exact) mass is 407 g/mol. The van der Waals surface area contributed by atoms with Crippen LogP contribution in [-0.4, -0.2) is 47.7 Å². The minimum absolute atomic E-state index is 0.0154. The average molecular weight is 408 g/mol. The number of amides is 1. The molecule has 7 heteroatoms. The molecule has 1 saturated carbocycles. The van der Waals surface area contributed by atoms with Gasteiger partial charge in [0.25, 0.3) is 5.91 Å². The summed E-state index contributed by atoms with van der Waals surface area (Å²) in [5.41, 5.74) is 14.4. The van der Waals surface area contributed by atoms with E-state index in [-0.39, 0.29) is 28.7 Å². The van der Waals surface area contributed by atoms with Crippen molar-refractivity contribution < 1.29 is 9.53 Å². The van der Waals surface area contributed by atoms with Crippen LogP contribution in [-0.2, 0) is 10.2 Å². The van der Waals surface area contributed by atoms with Gasteiger partial charge in [0.15, 0.2) is 11.5 Å². The third kappa shape index (κ3) is 2.99. The summed E-state index contributed by atoms with van der Waals surface area (Å²) in [6, 6.07) is 10.4. The Morgan fingerprint density at radius 3 is 2.43 bits per heavy atom. The van der Waals surface area contributed by atoms with Crippen molar-refractivity contribution in [1.29, 1.82) is 0 Å².